The maximum atomic E-state index is 10.5. The van der Waals surface area contributed by atoms with Crippen LogP contribution >= 0.6 is 11.3 Å². The normalized spacial score (nSPS) is 9.54. The van der Waals surface area contributed by atoms with E-state index in [-0.39, 0.29) is 34.6 Å². The van der Waals surface area contributed by atoms with E-state index in [1.807, 2.05) is 18.2 Å². The van der Waals surface area contributed by atoms with E-state index in [4.69, 9.17) is 5.11 Å². The van der Waals surface area contributed by atoms with E-state index in [2.05, 4.69) is 4.98 Å². The molecule has 1 aromatic heterocycles. The summed E-state index contributed by atoms with van der Waals surface area (Å²) in [5.41, 5.74) is 0.750. The Labute approximate surface area is 101 Å². The Morgan fingerprint density at radius 1 is 1.38 bits per heavy atom. The van der Waals surface area contributed by atoms with Gasteiger partial charge in [-0.1, -0.05) is 12.1 Å². The molecule has 5 heteroatoms. The van der Waals surface area contributed by atoms with E-state index >= 15 is 0 Å². The van der Waals surface area contributed by atoms with Crippen LogP contribution in [0.1, 0.15) is 9.80 Å². The SMILES string of the molecule is O=C(O)c1nc2ccccc2s1.[NaH]. The fourth-order valence-corrected chi connectivity index (χ4v) is 1.77. The summed E-state index contributed by atoms with van der Waals surface area (Å²) >= 11 is 1.19. The van der Waals surface area contributed by atoms with Crippen LogP contribution in [0.4, 0.5) is 0 Å². The van der Waals surface area contributed by atoms with Crippen molar-refractivity contribution >= 4 is 57.1 Å². The number of aromatic carboxylic acids is 1. The first-order valence-corrected chi connectivity index (χ1v) is 4.18. The van der Waals surface area contributed by atoms with Crippen molar-refractivity contribution in [3.8, 4) is 0 Å². The third-order valence-corrected chi connectivity index (χ3v) is 2.50. The molecule has 0 aliphatic rings. The predicted octanol–water partition coefficient (Wildman–Crippen LogP) is 1.35. The van der Waals surface area contributed by atoms with E-state index in [0.29, 0.717) is 0 Å². The van der Waals surface area contributed by atoms with Gasteiger partial charge in [-0.05, 0) is 12.1 Å². The molecule has 0 radical (unpaired) electrons. The monoisotopic (exact) mass is 203 g/mol. The summed E-state index contributed by atoms with van der Waals surface area (Å²) in [6.45, 7) is 0. The van der Waals surface area contributed by atoms with Crippen molar-refractivity contribution in [1.82, 2.24) is 4.98 Å². The Morgan fingerprint density at radius 3 is 2.69 bits per heavy atom. The van der Waals surface area contributed by atoms with Crippen molar-refractivity contribution in [1.29, 1.82) is 0 Å². The number of hydrogen-bond acceptors (Lipinski definition) is 3. The number of para-hydroxylation sites is 1. The van der Waals surface area contributed by atoms with Crippen LogP contribution in [0.5, 0.6) is 0 Å². The molecule has 0 spiro atoms. The predicted molar refractivity (Wildman–Crippen MR) is 53.7 cm³/mol. The summed E-state index contributed by atoms with van der Waals surface area (Å²) in [6, 6.07) is 7.37. The average molecular weight is 203 g/mol. The zero-order valence-corrected chi connectivity index (χ0v) is 6.84. The van der Waals surface area contributed by atoms with Crippen LogP contribution in [0.2, 0.25) is 0 Å². The Bertz CT molecular complexity index is 407. The topological polar surface area (TPSA) is 50.2 Å². The van der Waals surface area contributed by atoms with Crippen LogP contribution < -0.4 is 0 Å². The van der Waals surface area contributed by atoms with Crippen LogP contribution in [0, 0.1) is 0 Å². The van der Waals surface area contributed by atoms with Gasteiger partial charge in [-0.25, -0.2) is 9.78 Å². The van der Waals surface area contributed by atoms with Gasteiger partial charge < -0.3 is 5.11 Å². The number of fused-ring (bicyclic) bond motifs is 1. The molecule has 0 aliphatic heterocycles. The molecule has 0 amide bonds. The molecule has 1 aromatic carbocycles. The second kappa shape index (κ2) is 4.19. The molecule has 0 unspecified atom stereocenters. The first kappa shape index (κ1) is 10.7. The summed E-state index contributed by atoms with van der Waals surface area (Å²) in [4.78, 5) is 14.4. The zero-order valence-electron chi connectivity index (χ0n) is 6.02. The van der Waals surface area contributed by atoms with E-state index in [1.54, 1.807) is 6.07 Å². The van der Waals surface area contributed by atoms with Crippen LogP contribution in [0.15, 0.2) is 24.3 Å². The van der Waals surface area contributed by atoms with E-state index < -0.39 is 5.97 Å². The minimum absolute atomic E-state index is 0. The number of aromatic nitrogens is 1. The third-order valence-electron chi connectivity index (χ3n) is 1.48. The van der Waals surface area contributed by atoms with Gasteiger partial charge in [-0.2, -0.15) is 0 Å². The van der Waals surface area contributed by atoms with Crippen LogP contribution in [0.3, 0.4) is 0 Å². The maximum absolute atomic E-state index is 10.5. The van der Waals surface area contributed by atoms with Gasteiger partial charge in [-0.15, -0.1) is 11.3 Å². The molecule has 13 heavy (non-hydrogen) atoms. The van der Waals surface area contributed by atoms with Crippen molar-refractivity contribution < 1.29 is 9.90 Å². The molecule has 3 nitrogen and oxygen atoms in total. The first-order chi connectivity index (χ1) is 5.77. The molecule has 0 saturated carbocycles. The number of thiazole rings is 1. The Morgan fingerprint density at radius 2 is 2.08 bits per heavy atom. The van der Waals surface area contributed by atoms with Gasteiger partial charge in [0, 0.05) is 0 Å². The Hall–Kier alpha value is -0.420. The van der Waals surface area contributed by atoms with Gasteiger partial charge in [-0.3, -0.25) is 0 Å². The molecule has 0 fully saturated rings. The summed E-state index contributed by atoms with van der Waals surface area (Å²) in [5, 5.41) is 8.78. The second-order valence-corrected chi connectivity index (χ2v) is 3.32. The first-order valence-electron chi connectivity index (χ1n) is 3.36. The molecule has 2 aromatic rings. The van der Waals surface area contributed by atoms with Gasteiger partial charge in [0.25, 0.3) is 0 Å². The summed E-state index contributed by atoms with van der Waals surface area (Å²) in [5.74, 6) is -0.962. The zero-order chi connectivity index (χ0) is 8.55. The molecule has 0 saturated heterocycles. The van der Waals surface area contributed by atoms with Gasteiger partial charge in [0.2, 0.25) is 5.01 Å². The molecule has 1 N–H and O–H groups in total. The van der Waals surface area contributed by atoms with Gasteiger partial charge in [0.15, 0.2) is 0 Å². The van der Waals surface area contributed by atoms with Crippen molar-refractivity contribution in [3.63, 3.8) is 0 Å². The average Bonchev–Trinajstić information content (AvgIpc) is 2.46. The molecule has 0 atom stereocenters. The molecule has 0 aliphatic carbocycles. The molecular formula is C8H6NNaO2S. The van der Waals surface area contributed by atoms with Crippen molar-refractivity contribution in [2.45, 2.75) is 0 Å². The Kier molecular flexibility index (Phi) is 3.44. The summed E-state index contributed by atoms with van der Waals surface area (Å²) in [7, 11) is 0. The number of hydrogen-bond donors (Lipinski definition) is 1. The quantitative estimate of drug-likeness (QED) is 0.711. The number of carbonyl (C=O) groups is 1. The third kappa shape index (κ3) is 2.08. The van der Waals surface area contributed by atoms with Crippen molar-refractivity contribution in [3.05, 3.63) is 29.3 Å². The van der Waals surface area contributed by atoms with Crippen LogP contribution in [0.25, 0.3) is 10.2 Å². The number of carboxylic acids is 1. The van der Waals surface area contributed by atoms with Gasteiger partial charge >= 0.3 is 35.5 Å². The summed E-state index contributed by atoms with van der Waals surface area (Å²) in [6.07, 6.45) is 0. The van der Waals surface area contributed by atoms with Crippen LogP contribution in [-0.4, -0.2) is 45.6 Å². The number of rotatable bonds is 1. The number of nitrogens with zero attached hydrogens (tertiary/aromatic N) is 1. The fourth-order valence-electron chi connectivity index (χ4n) is 0.964. The number of benzene rings is 1. The second-order valence-electron chi connectivity index (χ2n) is 2.29. The van der Waals surface area contributed by atoms with Crippen LogP contribution in [-0.2, 0) is 0 Å². The van der Waals surface area contributed by atoms with E-state index in [0.717, 1.165) is 10.2 Å². The molecule has 2 rings (SSSR count). The Balaban J connectivity index is 0.000000845. The molecular weight excluding hydrogens is 197 g/mol. The van der Waals surface area contributed by atoms with Gasteiger partial charge in [0.1, 0.15) is 0 Å². The molecule has 62 valence electrons. The van der Waals surface area contributed by atoms with E-state index in [1.165, 1.54) is 11.3 Å². The number of carboxylic acid groups (broad SMARTS) is 1. The standard InChI is InChI=1S/C8H5NO2S.Na.H/c10-8(11)7-9-5-3-1-2-4-6(5)12-7;;/h1-4H,(H,10,11);;. The fraction of sp³-hybridized carbons (Fsp3) is 0. The van der Waals surface area contributed by atoms with Crippen molar-refractivity contribution in [2.75, 3.05) is 0 Å². The molecule has 0 bridgehead atoms. The van der Waals surface area contributed by atoms with Crippen molar-refractivity contribution in [2.24, 2.45) is 0 Å². The summed E-state index contributed by atoms with van der Waals surface area (Å²) < 4.78 is 0.912. The van der Waals surface area contributed by atoms with E-state index in [9.17, 15) is 4.79 Å². The van der Waals surface area contributed by atoms with Gasteiger partial charge in [0.05, 0.1) is 10.2 Å². The molecule has 1 heterocycles. The minimum atomic E-state index is -0.962.